The molecule has 0 unspecified atom stereocenters. The number of halogens is 1. The van der Waals surface area contributed by atoms with Crippen LogP contribution in [0, 0.1) is 3.57 Å². The summed E-state index contributed by atoms with van der Waals surface area (Å²) in [6.07, 6.45) is 0. The predicted octanol–water partition coefficient (Wildman–Crippen LogP) is 2.92. The molecule has 0 fully saturated rings. The van der Waals surface area contributed by atoms with Crippen molar-refractivity contribution in [1.82, 2.24) is 0 Å². The molecule has 0 atom stereocenters. The fraction of sp³-hybridized carbons (Fsp3) is 0.273. The molecule has 0 spiro atoms. The monoisotopic (exact) mass is 330 g/mol. The quantitative estimate of drug-likeness (QED) is 0.484. The standard InChI is InChI=1S/C11H11IN2O2/c1-7(15)11(8(2)16)14-13-10-5-3-9(12)4-6-10/h3-6,11H,1-2H3. The molecule has 84 valence electrons. The average molecular weight is 330 g/mol. The van der Waals surface area contributed by atoms with Gasteiger partial charge in [-0.3, -0.25) is 9.59 Å². The molecule has 4 nitrogen and oxygen atoms in total. The first-order valence-corrected chi connectivity index (χ1v) is 5.76. The molecule has 1 aromatic rings. The van der Waals surface area contributed by atoms with Gasteiger partial charge in [0.1, 0.15) is 0 Å². The van der Waals surface area contributed by atoms with E-state index < -0.39 is 6.04 Å². The molecule has 0 saturated heterocycles. The van der Waals surface area contributed by atoms with Crippen molar-refractivity contribution in [2.24, 2.45) is 10.2 Å². The van der Waals surface area contributed by atoms with Crippen molar-refractivity contribution in [3.8, 4) is 0 Å². The van der Waals surface area contributed by atoms with Gasteiger partial charge >= 0.3 is 0 Å². The Morgan fingerprint density at radius 3 is 2.06 bits per heavy atom. The molecule has 0 aliphatic rings. The zero-order chi connectivity index (χ0) is 12.1. The van der Waals surface area contributed by atoms with Gasteiger partial charge in [0.2, 0.25) is 0 Å². The van der Waals surface area contributed by atoms with Crippen LogP contribution in [0.2, 0.25) is 0 Å². The van der Waals surface area contributed by atoms with Gasteiger partial charge in [0.15, 0.2) is 17.6 Å². The number of rotatable bonds is 4. The Hall–Kier alpha value is -1.11. The lowest BCUT2D eigenvalue weighted by Gasteiger charge is -2.01. The fourth-order valence-electron chi connectivity index (χ4n) is 1.08. The first-order chi connectivity index (χ1) is 7.50. The summed E-state index contributed by atoms with van der Waals surface area (Å²) in [4.78, 5) is 22.2. The molecule has 16 heavy (non-hydrogen) atoms. The van der Waals surface area contributed by atoms with Crippen LogP contribution in [-0.4, -0.2) is 17.6 Å². The minimum absolute atomic E-state index is 0.290. The number of hydrogen-bond donors (Lipinski definition) is 0. The highest BCUT2D eigenvalue weighted by Gasteiger charge is 2.18. The number of carbonyl (C=O) groups excluding carboxylic acids is 2. The molecule has 0 heterocycles. The highest BCUT2D eigenvalue weighted by atomic mass is 127. The van der Waals surface area contributed by atoms with Crippen LogP contribution in [0.25, 0.3) is 0 Å². The first kappa shape index (κ1) is 13.0. The van der Waals surface area contributed by atoms with Crippen LogP contribution in [0.5, 0.6) is 0 Å². The molecular weight excluding hydrogens is 319 g/mol. The fourth-order valence-corrected chi connectivity index (χ4v) is 1.44. The smallest absolute Gasteiger partial charge is 0.187 e. The number of ketones is 2. The van der Waals surface area contributed by atoms with Gasteiger partial charge in [-0.15, -0.1) is 0 Å². The molecule has 1 rings (SSSR count). The van der Waals surface area contributed by atoms with E-state index in [1.165, 1.54) is 13.8 Å². The topological polar surface area (TPSA) is 58.9 Å². The van der Waals surface area contributed by atoms with E-state index in [9.17, 15) is 9.59 Å². The van der Waals surface area contributed by atoms with Crippen molar-refractivity contribution in [3.63, 3.8) is 0 Å². The number of carbonyl (C=O) groups is 2. The lowest BCUT2D eigenvalue weighted by molar-refractivity contribution is -0.126. The number of nitrogens with zero attached hydrogens (tertiary/aromatic N) is 2. The van der Waals surface area contributed by atoms with Crippen LogP contribution in [0.3, 0.4) is 0 Å². The highest BCUT2D eigenvalue weighted by Crippen LogP contribution is 2.15. The van der Waals surface area contributed by atoms with Gasteiger partial charge in [-0.2, -0.15) is 10.2 Å². The van der Waals surface area contributed by atoms with Crippen molar-refractivity contribution in [1.29, 1.82) is 0 Å². The van der Waals surface area contributed by atoms with Crippen LogP contribution in [0.15, 0.2) is 34.5 Å². The maximum absolute atomic E-state index is 11.1. The minimum atomic E-state index is -0.973. The average Bonchev–Trinajstić information content (AvgIpc) is 2.20. The van der Waals surface area contributed by atoms with Gasteiger partial charge in [0, 0.05) is 3.57 Å². The number of Topliss-reactive ketones (excluding diaryl/α,β-unsaturated/α-hetero) is 2. The molecule has 0 radical (unpaired) electrons. The Kier molecular flexibility index (Phi) is 4.72. The summed E-state index contributed by atoms with van der Waals surface area (Å²) < 4.78 is 1.09. The molecule has 5 heteroatoms. The second kappa shape index (κ2) is 5.83. The van der Waals surface area contributed by atoms with Crippen molar-refractivity contribution in [2.75, 3.05) is 0 Å². The molecule has 0 bridgehead atoms. The first-order valence-electron chi connectivity index (χ1n) is 4.68. The summed E-state index contributed by atoms with van der Waals surface area (Å²) in [6, 6.07) is 6.35. The van der Waals surface area contributed by atoms with E-state index >= 15 is 0 Å². The van der Waals surface area contributed by atoms with Crippen molar-refractivity contribution < 1.29 is 9.59 Å². The maximum atomic E-state index is 11.1. The van der Waals surface area contributed by atoms with Crippen LogP contribution < -0.4 is 0 Å². The summed E-state index contributed by atoms with van der Waals surface area (Å²) in [5.74, 6) is -0.580. The summed E-state index contributed by atoms with van der Waals surface area (Å²) in [5, 5.41) is 7.62. The van der Waals surface area contributed by atoms with E-state index in [0.29, 0.717) is 5.69 Å². The van der Waals surface area contributed by atoms with Crippen molar-refractivity contribution in [3.05, 3.63) is 27.8 Å². The van der Waals surface area contributed by atoms with E-state index in [2.05, 4.69) is 32.8 Å². The van der Waals surface area contributed by atoms with E-state index in [4.69, 9.17) is 0 Å². The van der Waals surface area contributed by atoms with Gasteiger partial charge in [-0.05, 0) is 60.7 Å². The summed E-state index contributed by atoms with van der Waals surface area (Å²) in [5.41, 5.74) is 0.632. The second-order valence-corrected chi connectivity index (χ2v) is 4.56. The highest BCUT2D eigenvalue weighted by molar-refractivity contribution is 14.1. The maximum Gasteiger partial charge on any atom is 0.187 e. The largest absolute Gasteiger partial charge is 0.297 e. The number of hydrogen-bond acceptors (Lipinski definition) is 4. The molecule has 1 aromatic carbocycles. The molecule has 0 aliphatic carbocycles. The Morgan fingerprint density at radius 1 is 1.12 bits per heavy atom. The lowest BCUT2D eigenvalue weighted by atomic mass is 10.1. The SMILES string of the molecule is CC(=O)C(N=Nc1ccc(I)cc1)C(C)=O. The molecule has 0 N–H and O–H groups in total. The third kappa shape index (κ3) is 3.80. The van der Waals surface area contributed by atoms with Gasteiger partial charge < -0.3 is 0 Å². The third-order valence-corrected chi connectivity index (χ3v) is 2.60. The Morgan fingerprint density at radius 2 is 1.62 bits per heavy atom. The molecule has 0 amide bonds. The van der Waals surface area contributed by atoms with Crippen LogP contribution in [0.4, 0.5) is 5.69 Å². The van der Waals surface area contributed by atoms with Crippen molar-refractivity contribution >= 4 is 39.8 Å². The van der Waals surface area contributed by atoms with Gasteiger partial charge in [0.25, 0.3) is 0 Å². The Balaban J connectivity index is 2.82. The van der Waals surface area contributed by atoms with E-state index in [1.807, 2.05) is 12.1 Å². The van der Waals surface area contributed by atoms with Gasteiger partial charge in [0.05, 0.1) is 5.69 Å². The van der Waals surface area contributed by atoms with E-state index in [-0.39, 0.29) is 11.6 Å². The van der Waals surface area contributed by atoms with E-state index in [1.54, 1.807) is 12.1 Å². The van der Waals surface area contributed by atoms with Gasteiger partial charge in [-0.1, -0.05) is 0 Å². The third-order valence-electron chi connectivity index (χ3n) is 1.89. The molecule has 0 saturated carbocycles. The van der Waals surface area contributed by atoms with Crippen LogP contribution >= 0.6 is 22.6 Å². The predicted molar refractivity (Wildman–Crippen MR) is 68.8 cm³/mol. The van der Waals surface area contributed by atoms with Crippen LogP contribution in [-0.2, 0) is 9.59 Å². The molecule has 0 aromatic heterocycles. The number of azo groups is 1. The Labute approximate surface area is 107 Å². The Bertz CT molecular complexity index is 412. The summed E-state index contributed by atoms with van der Waals surface area (Å²) in [6.45, 7) is 2.66. The van der Waals surface area contributed by atoms with Gasteiger partial charge in [-0.25, -0.2) is 0 Å². The minimum Gasteiger partial charge on any atom is -0.297 e. The second-order valence-electron chi connectivity index (χ2n) is 3.32. The summed E-state index contributed by atoms with van der Waals surface area (Å²) in [7, 11) is 0. The van der Waals surface area contributed by atoms with Crippen molar-refractivity contribution in [2.45, 2.75) is 19.9 Å². The zero-order valence-corrected chi connectivity index (χ0v) is 11.1. The van der Waals surface area contributed by atoms with Crippen LogP contribution in [0.1, 0.15) is 13.8 Å². The zero-order valence-electron chi connectivity index (χ0n) is 8.98. The molecular formula is C11H11IN2O2. The summed E-state index contributed by atoms with van der Waals surface area (Å²) >= 11 is 2.18. The lowest BCUT2D eigenvalue weighted by Crippen LogP contribution is -2.23. The number of benzene rings is 1. The molecule has 0 aliphatic heterocycles. The van der Waals surface area contributed by atoms with E-state index in [0.717, 1.165) is 3.57 Å². The normalized spacial score (nSPS) is 11.0.